The van der Waals surface area contributed by atoms with Crippen LogP contribution in [-0.2, 0) is 21.1 Å². The lowest BCUT2D eigenvalue weighted by atomic mass is 10.1. The molecule has 2 aliphatic rings. The molecule has 0 unspecified atom stereocenters. The van der Waals surface area contributed by atoms with Gasteiger partial charge in [-0.25, -0.2) is 12.8 Å². The van der Waals surface area contributed by atoms with Crippen LogP contribution in [0.2, 0.25) is 0 Å². The molecule has 0 N–H and O–H groups in total. The predicted octanol–water partition coefficient (Wildman–Crippen LogP) is 2.68. The molecular weight excluding hydrogens is 415 g/mol. The molecule has 2 fully saturated rings. The van der Waals surface area contributed by atoms with Crippen molar-refractivity contribution in [3.8, 4) is 5.75 Å². The highest BCUT2D eigenvalue weighted by atomic mass is 32.2. The maximum absolute atomic E-state index is 13.4. The molecule has 0 bridgehead atoms. The molecule has 1 amide bonds. The number of benzene rings is 2. The first-order chi connectivity index (χ1) is 13.8. The largest absolute Gasteiger partial charge is 0.497 e. The average Bonchev–Trinajstić information content (AvgIpc) is 3.14. The normalized spacial score (nSPS) is 23.9. The average molecular weight is 435 g/mol. The van der Waals surface area contributed by atoms with Gasteiger partial charge in [-0.3, -0.25) is 4.79 Å². The van der Waals surface area contributed by atoms with Crippen molar-refractivity contribution in [3.05, 3.63) is 59.9 Å². The third kappa shape index (κ3) is 4.30. The molecule has 2 aromatic carbocycles. The van der Waals surface area contributed by atoms with E-state index >= 15 is 0 Å². The molecule has 6 nitrogen and oxygen atoms in total. The Morgan fingerprint density at radius 2 is 1.86 bits per heavy atom. The number of sulfone groups is 1. The van der Waals surface area contributed by atoms with Crippen LogP contribution in [-0.4, -0.2) is 49.4 Å². The second-order valence-corrected chi connectivity index (χ2v) is 10.3. The van der Waals surface area contributed by atoms with Gasteiger partial charge in [0.2, 0.25) is 0 Å². The van der Waals surface area contributed by atoms with Crippen LogP contribution in [0.1, 0.15) is 5.56 Å². The molecule has 2 saturated heterocycles. The van der Waals surface area contributed by atoms with Crippen molar-refractivity contribution in [1.82, 2.24) is 0 Å². The summed E-state index contributed by atoms with van der Waals surface area (Å²) in [5, 5.41) is 0.262. The molecule has 9 heteroatoms. The Morgan fingerprint density at radius 3 is 2.52 bits per heavy atom. The standard InChI is InChI=1S/C20H19FN2O4S2/c1-27-16-8-2-13(3-9-16)10-19(24)22-20-23(15-6-4-14(21)5-7-15)17-11-29(25,26)12-18(17)28-20/h2-9,17-18H,10-12H2,1H3/t17-,18-/m1/s1. The number of carbonyl (C=O) groups is 1. The molecule has 29 heavy (non-hydrogen) atoms. The number of aliphatic imine (C=N–C) groups is 1. The number of halogens is 1. The van der Waals surface area contributed by atoms with Gasteiger partial charge in [0.15, 0.2) is 15.0 Å². The summed E-state index contributed by atoms with van der Waals surface area (Å²) >= 11 is 1.30. The monoisotopic (exact) mass is 434 g/mol. The number of hydrogen-bond acceptors (Lipinski definition) is 5. The van der Waals surface area contributed by atoms with Crippen LogP contribution < -0.4 is 9.64 Å². The molecule has 2 aromatic rings. The Labute approximate surface area is 172 Å². The first-order valence-corrected chi connectivity index (χ1v) is 11.7. The minimum absolute atomic E-state index is 0.00622. The Hall–Kier alpha value is -2.39. The summed E-state index contributed by atoms with van der Waals surface area (Å²) in [6.45, 7) is 0. The van der Waals surface area contributed by atoms with Crippen molar-refractivity contribution in [2.75, 3.05) is 23.5 Å². The number of anilines is 1. The van der Waals surface area contributed by atoms with E-state index in [1.54, 1.807) is 48.4 Å². The summed E-state index contributed by atoms with van der Waals surface area (Å²) in [6.07, 6.45) is 0.124. The SMILES string of the molecule is COc1ccc(CC(=O)N=C2S[C@@H]3CS(=O)(=O)C[C@H]3N2c2ccc(F)cc2)cc1. The number of nitrogens with zero attached hydrogens (tertiary/aromatic N) is 2. The van der Waals surface area contributed by atoms with Crippen LogP contribution in [0.25, 0.3) is 0 Å². The molecular formula is C20H19FN2O4S2. The van der Waals surface area contributed by atoms with Gasteiger partial charge in [0, 0.05) is 10.9 Å². The number of amides is 1. The van der Waals surface area contributed by atoms with Gasteiger partial charge in [0.05, 0.1) is 31.1 Å². The summed E-state index contributed by atoms with van der Waals surface area (Å²) in [5.41, 5.74) is 1.43. The van der Waals surface area contributed by atoms with Gasteiger partial charge in [-0.15, -0.1) is 0 Å². The van der Waals surface area contributed by atoms with E-state index in [-0.39, 0.29) is 40.9 Å². The zero-order chi connectivity index (χ0) is 20.6. The summed E-state index contributed by atoms with van der Waals surface area (Å²) in [5.74, 6) is 0.0349. The third-order valence-electron chi connectivity index (χ3n) is 4.91. The summed E-state index contributed by atoms with van der Waals surface area (Å²) in [4.78, 5) is 18.6. The number of ether oxygens (including phenoxy) is 1. The third-order valence-corrected chi connectivity index (χ3v) is 8.12. The number of hydrogen-bond donors (Lipinski definition) is 0. The molecule has 0 radical (unpaired) electrons. The van der Waals surface area contributed by atoms with Gasteiger partial charge in [0.25, 0.3) is 5.91 Å². The van der Waals surface area contributed by atoms with Crippen molar-refractivity contribution in [1.29, 1.82) is 0 Å². The van der Waals surface area contributed by atoms with E-state index in [2.05, 4.69) is 4.99 Å². The fourth-order valence-electron chi connectivity index (χ4n) is 3.53. The molecule has 0 saturated carbocycles. The van der Waals surface area contributed by atoms with E-state index < -0.39 is 9.84 Å². The minimum atomic E-state index is -3.15. The summed E-state index contributed by atoms with van der Waals surface area (Å²) < 4.78 is 42.6. The molecule has 0 aliphatic carbocycles. The zero-order valence-corrected chi connectivity index (χ0v) is 17.2. The van der Waals surface area contributed by atoms with Crippen molar-refractivity contribution in [2.24, 2.45) is 4.99 Å². The van der Waals surface area contributed by atoms with Crippen molar-refractivity contribution < 1.29 is 22.3 Å². The Kier molecular flexibility index (Phi) is 5.35. The van der Waals surface area contributed by atoms with Crippen LogP contribution in [0.5, 0.6) is 5.75 Å². The van der Waals surface area contributed by atoms with Gasteiger partial charge in [-0.2, -0.15) is 4.99 Å². The smallest absolute Gasteiger partial charge is 0.252 e. The number of thioether (sulfide) groups is 1. The molecule has 0 aromatic heterocycles. The Balaban J connectivity index is 1.60. The number of rotatable bonds is 4. The van der Waals surface area contributed by atoms with Crippen molar-refractivity contribution in [3.63, 3.8) is 0 Å². The van der Waals surface area contributed by atoms with Crippen LogP contribution in [0, 0.1) is 5.82 Å². The maximum Gasteiger partial charge on any atom is 0.252 e. The van der Waals surface area contributed by atoms with Gasteiger partial charge < -0.3 is 9.64 Å². The molecule has 2 aliphatic heterocycles. The van der Waals surface area contributed by atoms with E-state index in [9.17, 15) is 17.6 Å². The van der Waals surface area contributed by atoms with E-state index in [1.807, 2.05) is 0 Å². The second-order valence-electron chi connectivity index (χ2n) is 6.96. The minimum Gasteiger partial charge on any atom is -0.497 e. The lowest BCUT2D eigenvalue weighted by molar-refractivity contribution is -0.117. The molecule has 152 valence electrons. The maximum atomic E-state index is 13.4. The fourth-order valence-corrected chi connectivity index (χ4v) is 7.46. The van der Waals surface area contributed by atoms with Crippen LogP contribution >= 0.6 is 11.8 Å². The quantitative estimate of drug-likeness (QED) is 0.737. The fraction of sp³-hybridized carbons (Fsp3) is 0.300. The molecule has 2 atom stereocenters. The Morgan fingerprint density at radius 1 is 1.17 bits per heavy atom. The van der Waals surface area contributed by atoms with Crippen LogP contribution in [0.15, 0.2) is 53.5 Å². The number of methoxy groups -OCH3 is 1. The predicted molar refractivity (Wildman–Crippen MR) is 112 cm³/mol. The number of fused-ring (bicyclic) bond motifs is 1. The van der Waals surface area contributed by atoms with Gasteiger partial charge in [-0.1, -0.05) is 23.9 Å². The van der Waals surface area contributed by atoms with E-state index in [4.69, 9.17) is 4.74 Å². The van der Waals surface area contributed by atoms with Crippen molar-refractivity contribution >= 4 is 38.4 Å². The van der Waals surface area contributed by atoms with E-state index in [0.29, 0.717) is 16.6 Å². The number of carbonyl (C=O) groups excluding carboxylic acids is 1. The first-order valence-electron chi connectivity index (χ1n) is 9.01. The first kappa shape index (κ1) is 19.9. The van der Waals surface area contributed by atoms with Gasteiger partial charge >= 0.3 is 0 Å². The van der Waals surface area contributed by atoms with Crippen LogP contribution in [0.4, 0.5) is 10.1 Å². The van der Waals surface area contributed by atoms with Gasteiger partial charge in [-0.05, 0) is 42.0 Å². The Bertz CT molecular complexity index is 1050. The summed E-state index contributed by atoms with van der Waals surface area (Å²) in [7, 11) is -1.58. The number of amidine groups is 1. The molecule has 4 rings (SSSR count). The molecule has 0 spiro atoms. The van der Waals surface area contributed by atoms with E-state index in [1.165, 1.54) is 23.9 Å². The summed E-state index contributed by atoms with van der Waals surface area (Å²) in [6, 6.07) is 12.6. The highest BCUT2D eigenvalue weighted by molar-refractivity contribution is 8.16. The van der Waals surface area contributed by atoms with E-state index in [0.717, 1.165) is 5.56 Å². The second kappa shape index (κ2) is 7.79. The zero-order valence-electron chi connectivity index (χ0n) is 15.6. The lowest BCUT2D eigenvalue weighted by Crippen LogP contribution is -2.37. The molecule has 2 heterocycles. The highest BCUT2D eigenvalue weighted by Gasteiger charge is 2.49. The lowest BCUT2D eigenvalue weighted by Gasteiger charge is -2.24. The highest BCUT2D eigenvalue weighted by Crippen LogP contribution is 2.41. The van der Waals surface area contributed by atoms with Crippen LogP contribution in [0.3, 0.4) is 0 Å². The van der Waals surface area contributed by atoms with Gasteiger partial charge in [0.1, 0.15) is 11.6 Å². The van der Waals surface area contributed by atoms with Crippen molar-refractivity contribution in [2.45, 2.75) is 17.7 Å². The topological polar surface area (TPSA) is 76.0 Å².